The van der Waals surface area contributed by atoms with Crippen molar-refractivity contribution in [3.05, 3.63) is 35.4 Å². The van der Waals surface area contributed by atoms with Gasteiger partial charge in [0.25, 0.3) is 0 Å². The maximum absolute atomic E-state index is 10.5. The van der Waals surface area contributed by atoms with Crippen LogP contribution in [-0.4, -0.2) is 28.6 Å². The van der Waals surface area contributed by atoms with Gasteiger partial charge in [-0.15, -0.1) is 0 Å². The standard InChI is InChI=1S/C13H19NO2S/c1-10-2-4-11(5-3-10)6-8-17-9-7-12(14)13(15)16/h2-5,12H,6-9,14H2,1H3,(H,15,16). The van der Waals surface area contributed by atoms with Crippen LogP contribution in [0.1, 0.15) is 17.5 Å². The van der Waals surface area contributed by atoms with Crippen LogP contribution in [0.15, 0.2) is 24.3 Å². The van der Waals surface area contributed by atoms with Crippen LogP contribution in [-0.2, 0) is 11.2 Å². The highest BCUT2D eigenvalue weighted by atomic mass is 32.2. The van der Waals surface area contributed by atoms with E-state index in [4.69, 9.17) is 10.8 Å². The van der Waals surface area contributed by atoms with Crippen LogP contribution in [0, 0.1) is 6.92 Å². The second-order valence-electron chi connectivity index (χ2n) is 4.08. The first-order chi connectivity index (χ1) is 8.09. The first kappa shape index (κ1) is 14.1. The number of thioether (sulfide) groups is 1. The highest BCUT2D eigenvalue weighted by Gasteiger charge is 2.09. The zero-order valence-electron chi connectivity index (χ0n) is 10.1. The van der Waals surface area contributed by atoms with Crippen LogP contribution in [0.4, 0.5) is 0 Å². The van der Waals surface area contributed by atoms with Crippen LogP contribution >= 0.6 is 11.8 Å². The summed E-state index contributed by atoms with van der Waals surface area (Å²) < 4.78 is 0. The minimum Gasteiger partial charge on any atom is -0.480 e. The summed E-state index contributed by atoms with van der Waals surface area (Å²) in [5, 5.41) is 8.61. The number of aryl methyl sites for hydroxylation is 2. The Morgan fingerprint density at radius 1 is 1.35 bits per heavy atom. The number of rotatable bonds is 7. The average molecular weight is 253 g/mol. The van der Waals surface area contributed by atoms with Crippen molar-refractivity contribution in [2.75, 3.05) is 11.5 Å². The van der Waals surface area contributed by atoms with Gasteiger partial charge >= 0.3 is 5.97 Å². The van der Waals surface area contributed by atoms with Gasteiger partial charge in [-0.1, -0.05) is 29.8 Å². The van der Waals surface area contributed by atoms with Crippen molar-refractivity contribution < 1.29 is 9.90 Å². The Balaban J connectivity index is 2.12. The summed E-state index contributed by atoms with van der Waals surface area (Å²) >= 11 is 1.75. The third-order valence-electron chi connectivity index (χ3n) is 2.55. The number of aliphatic carboxylic acids is 1. The predicted octanol–water partition coefficient (Wildman–Crippen LogP) is 2.07. The molecule has 17 heavy (non-hydrogen) atoms. The number of nitrogens with two attached hydrogens (primary N) is 1. The molecule has 0 amide bonds. The molecular weight excluding hydrogens is 234 g/mol. The third kappa shape index (κ3) is 5.75. The van der Waals surface area contributed by atoms with Crippen LogP contribution in [0.5, 0.6) is 0 Å². The Morgan fingerprint density at radius 3 is 2.59 bits per heavy atom. The molecule has 0 saturated carbocycles. The minimum atomic E-state index is -0.913. The number of carboxylic acids is 1. The fraction of sp³-hybridized carbons (Fsp3) is 0.462. The molecule has 0 spiro atoms. The lowest BCUT2D eigenvalue weighted by Gasteiger charge is -2.06. The summed E-state index contributed by atoms with van der Waals surface area (Å²) in [7, 11) is 0. The molecule has 0 radical (unpaired) electrons. The monoisotopic (exact) mass is 253 g/mol. The summed E-state index contributed by atoms with van der Waals surface area (Å²) in [5.41, 5.74) is 8.01. The molecule has 1 aromatic rings. The van der Waals surface area contributed by atoms with E-state index in [9.17, 15) is 4.79 Å². The molecule has 3 nitrogen and oxygen atoms in total. The summed E-state index contributed by atoms with van der Waals surface area (Å²) in [5.74, 6) is 0.901. The smallest absolute Gasteiger partial charge is 0.320 e. The number of hydrogen-bond donors (Lipinski definition) is 2. The summed E-state index contributed by atoms with van der Waals surface area (Å²) in [6.07, 6.45) is 1.56. The van der Waals surface area contributed by atoms with Crippen molar-refractivity contribution >= 4 is 17.7 Å². The Morgan fingerprint density at radius 2 is 2.00 bits per heavy atom. The molecule has 0 fully saturated rings. The van der Waals surface area contributed by atoms with Gasteiger partial charge in [0.1, 0.15) is 6.04 Å². The first-order valence-corrected chi connectivity index (χ1v) is 6.86. The SMILES string of the molecule is Cc1ccc(CCSCCC(N)C(=O)O)cc1. The zero-order chi connectivity index (χ0) is 12.7. The average Bonchev–Trinajstić information content (AvgIpc) is 2.30. The van der Waals surface area contributed by atoms with Crippen molar-refractivity contribution in [1.82, 2.24) is 0 Å². The molecule has 0 saturated heterocycles. The molecule has 1 aromatic carbocycles. The minimum absolute atomic E-state index is 0.536. The van der Waals surface area contributed by atoms with E-state index in [2.05, 4.69) is 31.2 Å². The topological polar surface area (TPSA) is 63.3 Å². The van der Waals surface area contributed by atoms with Crippen molar-refractivity contribution in [3.63, 3.8) is 0 Å². The van der Waals surface area contributed by atoms with E-state index >= 15 is 0 Å². The van der Waals surface area contributed by atoms with E-state index in [-0.39, 0.29) is 0 Å². The maximum atomic E-state index is 10.5. The number of carboxylic acid groups (broad SMARTS) is 1. The van der Waals surface area contributed by atoms with Gasteiger partial charge < -0.3 is 10.8 Å². The summed E-state index contributed by atoms with van der Waals surface area (Å²) in [6, 6.07) is 7.78. The van der Waals surface area contributed by atoms with E-state index < -0.39 is 12.0 Å². The van der Waals surface area contributed by atoms with E-state index in [0.29, 0.717) is 6.42 Å². The van der Waals surface area contributed by atoms with E-state index in [1.165, 1.54) is 11.1 Å². The molecule has 4 heteroatoms. The Hall–Kier alpha value is -1.00. The lowest BCUT2D eigenvalue weighted by Crippen LogP contribution is -2.30. The van der Waals surface area contributed by atoms with E-state index in [1.807, 2.05) is 0 Å². The Kier molecular flexibility index (Phi) is 6.08. The third-order valence-corrected chi connectivity index (χ3v) is 3.56. The van der Waals surface area contributed by atoms with Crippen LogP contribution in [0.25, 0.3) is 0 Å². The number of benzene rings is 1. The largest absolute Gasteiger partial charge is 0.480 e. The lowest BCUT2D eigenvalue weighted by molar-refractivity contribution is -0.138. The van der Waals surface area contributed by atoms with Gasteiger partial charge in [0.15, 0.2) is 0 Å². The van der Waals surface area contributed by atoms with Crippen molar-refractivity contribution in [3.8, 4) is 0 Å². The van der Waals surface area contributed by atoms with Crippen LogP contribution in [0.3, 0.4) is 0 Å². The molecule has 0 aromatic heterocycles. The lowest BCUT2D eigenvalue weighted by atomic mass is 10.1. The molecule has 0 aliphatic carbocycles. The fourth-order valence-electron chi connectivity index (χ4n) is 1.38. The number of hydrogen-bond acceptors (Lipinski definition) is 3. The van der Waals surface area contributed by atoms with Crippen molar-refractivity contribution in [2.45, 2.75) is 25.8 Å². The van der Waals surface area contributed by atoms with Gasteiger partial charge in [-0.3, -0.25) is 4.79 Å². The molecule has 94 valence electrons. The molecular formula is C13H19NO2S. The normalized spacial score (nSPS) is 12.4. The van der Waals surface area contributed by atoms with Gasteiger partial charge in [-0.05, 0) is 36.8 Å². The number of carbonyl (C=O) groups is 1. The maximum Gasteiger partial charge on any atom is 0.320 e. The fourth-order valence-corrected chi connectivity index (χ4v) is 2.39. The first-order valence-electron chi connectivity index (χ1n) is 5.71. The predicted molar refractivity (Wildman–Crippen MR) is 72.4 cm³/mol. The quantitative estimate of drug-likeness (QED) is 0.730. The molecule has 0 heterocycles. The molecule has 0 aliphatic rings. The van der Waals surface area contributed by atoms with Crippen LogP contribution < -0.4 is 5.73 Å². The van der Waals surface area contributed by atoms with Crippen molar-refractivity contribution in [1.29, 1.82) is 0 Å². The second-order valence-corrected chi connectivity index (χ2v) is 5.31. The summed E-state index contributed by atoms with van der Waals surface area (Å²) in [4.78, 5) is 10.5. The van der Waals surface area contributed by atoms with Crippen molar-refractivity contribution in [2.24, 2.45) is 5.73 Å². The molecule has 3 N–H and O–H groups in total. The highest BCUT2D eigenvalue weighted by molar-refractivity contribution is 7.99. The van der Waals surface area contributed by atoms with Gasteiger partial charge in [0.05, 0.1) is 0 Å². The molecule has 0 aliphatic heterocycles. The Labute approximate surface area is 106 Å². The highest BCUT2D eigenvalue weighted by Crippen LogP contribution is 2.10. The summed E-state index contributed by atoms with van der Waals surface area (Å²) in [6.45, 7) is 2.08. The zero-order valence-corrected chi connectivity index (χ0v) is 10.9. The second kappa shape index (κ2) is 7.35. The molecule has 1 unspecified atom stereocenters. The Bertz CT molecular complexity index is 351. The van der Waals surface area contributed by atoms with E-state index in [0.717, 1.165) is 17.9 Å². The molecule has 1 atom stereocenters. The molecule has 1 rings (SSSR count). The van der Waals surface area contributed by atoms with Gasteiger partial charge in [0.2, 0.25) is 0 Å². The van der Waals surface area contributed by atoms with Gasteiger partial charge in [0, 0.05) is 0 Å². The van der Waals surface area contributed by atoms with E-state index in [1.54, 1.807) is 11.8 Å². The van der Waals surface area contributed by atoms with Crippen LogP contribution in [0.2, 0.25) is 0 Å². The van der Waals surface area contributed by atoms with Gasteiger partial charge in [-0.25, -0.2) is 0 Å². The molecule has 0 bridgehead atoms. The van der Waals surface area contributed by atoms with Gasteiger partial charge in [-0.2, -0.15) is 11.8 Å².